The van der Waals surface area contributed by atoms with Crippen LogP contribution in [0.4, 0.5) is 0 Å². The molecule has 1 aromatic heterocycles. The van der Waals surface area contributed by atoms with Crippen molar-refractivity contribution in [2.75, 3.05) is 26.2 Å². The highest BCUT2D eigenvalue weighted by Gasteiger charge is 2.29. The summed E-state index contributed by atoms with van der Waals surface area (Å²) in [6.45, 7) is 6.98. The fraction of sp³-hybridized carbons (Fsp3) is 0.667. The SMILES string of the molecule is CC(C)N1CCN(S(=O)(=O)c2csc(CCl)c2)CC1. The zero-order chi connectivity index (χ0) is 14.0. The predicted molar refractivity (Wildman–Crippen MR) is 79.3 cm³/mol. The average Bonchev–Trinajstić information content (AvgIpc) is 2.88. The molecule has 0 aliphatic carbocycles. The van der Waals surface area contributed by atoms with E-state index in [2.05, 4.69) is 18.7 Å². The molecule has 0 atom stereocenters. The first-order chi connectivity index (χ1) is 8.95. The van der Waals surface area contributed by atoms with Gasteiger partial charge in [0.1, 0.15) is 0 Å². The van der Waals surface area contributed by atoms with Gasteiger partial charge >= 0.3 is 0 Å². The predicted octanol–water partition coefficient (Wildman–Crippen LogP) is 2.20. The summed E-state index contributed by atoms with van der Waals surface area (Å²) in [5, 5.41) is 1.68. The van der Waals surface area contributed by atoms with Crippen LogP contribution in [0.25, 0.3) is 0 Å². The standard InChI is InChI=1S/C12H19ClN2O2S2/c1-10(2)14-3-5-15(6-4-14)19(16,17)12-7-11(8-13)18-9-12/h7,9-10H,3-6,8H2,1-2H3. The molecular formula is C12H19ClN2O2S2. The Bertz CT molecular complexity index is 520. The van der Waals surface area contributed by atoms with Gasteiger partial charge in [0.2, 0.25) is 10.0 Å². The minimum atomic E-state index is -3.34. The normalized spacial score (nSPS) is 19.2. The highest BCUT2D eigenvalue weighted by atomic mass is 35.5. The Morgan fingerprint density at radius 2 is 1.95 bits per heavy atom. The van der Waals surface area contributed by atoms with Gasteiger partial charge in [-0.1, -0.05) is 0 Å². The summed E-state index contributed by atoms with van der Waals surface area (Å²) in [4.78, 5) is 3.57. The molecule has 2 rings (SSSR count). The monoisotopic (exact) mass is 322 g/mol. The molecule has 4 nitrogen and oxygen atoms in total. The molecule has 2 heterocycles. The topological polar surface area (TPSA) is 40.6 Å². The largest absolute Gasteiger partial charge is 0.298 e. The van der Waals surface area contributed by atoms with Gasteiger partial charge in [-0.3, -0.25) is 4.90 Å². The molecule has 0 radical (unpaired) electrons. The Hall–Kier alpha value is -0.140. The molecule has 0 bridgehead atoms. The van der Waals surface area contributed by atoms with Crippen LogP contribution < -0.4 is 0 Å². The maximum atomic E-state index is 12.5. The number of alkyl halides is 1. The average molecular weight is 323 g/mol. The zero-order valence-electron chi connectivity index (χ0n) is 11.2. The van der Waals surface area contributed by atoms with Crippen molar-refractivity contribution in [3.63, 3.8) is 0 Å². The molecule has 0 N–H and O–H groups in total. The number of hydrogen-bond acceptors (Lipinski definition) is 4. The summed E-state index contributed by atoms with van der Waals surface area (Å²) in [5.74, 6) is 0.362. The van der Waals surface area contributed by atoms with E-state index in [0.717, 1.165) is 18.0 Å². The second-order valence-corrected chi connectivity index (χ2v) is 8.12. The number of hydrogen-bond donors (Lipinski definition) is 0. The van der Waals surface area contributed by atoms with E-state index in [4.69, 9.17) is 11.6 Å². The van der Waals surface area contributed by atoms with Gasteiger partial charge in [0.05, 0.1) is 10.8 Å². The molecule has 1 aliphatic heterocycles. The summed E-state index contributed by atoms with van der Waals surface area (Å²) < 4.78 is 26.5. The first-order valence-corrected chi connectivity index (χ1v) is 9.18. The second-order valence-electron chi connectivity index (χ2n) is 4.92. The van der Waals surface area contributed by atoms with E-state index in [0.29, 0.717) is 29.9 Å². The summed E-state index contributed by atoms with van der Waals surface area (Å²) in [6, 6.07) is 2.15. The molecule has 19 heavy (non-hydrogen) atoms. The molecule has 0 unspecified atom stereocenters. The Labute approximate surface area is 124 Å². The number of piperazine rings is 1. The third-order valence-corrected chi connectivity index (χ3v) is 6.81. The van der Waals surface area contributed by atoms with Crippen LogP contribution >= 0.6 is 22.9 Å². The molecule has 0 saturated carbocycles. The molecule has 0 amide bonds. The summed E-state index contributed by atoms with van der Waals surface area (Å²) in [7, 11) is -3.34. The smallest absolute Gasteiger partial charge is 0.243 e. The molecule has 1 aromatic rings. The van der Waals surface area contributed by atoms with Crippen molar-refractivity contribution in [3.8, 4) is 0 Å². The Morgan fingerprint density at radius 1 is 1.32 bits per heavy atom. The lowest BCUT2D eigenvalue weighted by atomic mass is 10.3. The van der Waals surface area contributed by atoms with Gasteiger partial charge < -0.3 is 0 Å². The van der Waals surface area contributed by atoms with Gasteiger partial charge in [-0.25, -0.2) is 8.42 Å². The van der Waals surface area contributed by atoms with Gasteiger partial charge in [-0.2, -0.15) is 4.31 Å². The van der Waals surface area contributed by atoms with Gasteiger partial charge in [0.15, 0.2) is 0 Å². The van der Waals surface area contributed by atoms with Crippen molar-refractivity contribution < 1.29 is 8.42 Å². The van der Waals surface area contributed by atoms with E-state index in [1.165, 1.54) is 11.3 Å². The second kappa shape index (κ2) is 6.10. The minimum absolute atomic E-state index is 0.362. The van der Waals surface area contributed by atoms with Crippen LogP contribution in [0.3, 0.4) is 0 Å². The summed E-state index contributed by atoms with van der Waals surface area (Å²) in [5.41, 5.74) is 0. The maximum Gasteiger partial charge on any atom is 0.243 e. The van der Waals surface area contributed by atoms with E-state index in [1.807, 2.05) is 0 Å². The number of rotatable bonds is 4. The lowest BCUT2D eigenvalue weighted by Crippen LogP contribution is -2.50. The van der Waals surface area contributed by atoms with Crippen LogP contribution in [-0.2, 0) is 15.9 Å². The molecule has 1 fully saturated rings. The first kappa shape index (κ1) is 15.3. The lowest BCUT2D eigenvalue weighted by molar-refractivity contribution is 0.154. The van der Waals surface area contributed by atoms with Gasteiger partial charge in [0.25, 0.3) is 0 Å². The molecule has 0 spiro atoms. The Morgan fingerprint density at radius 3 is 2.42 bits per heavy atom. The minimum Gasteiger partial charge on any atom is -0.298 e. The van der Waals surface area contributed by atoms with Crippen LogP contribution in [0.5, 0.6) is 0 Å². The van der Waals surface area contributed by atoms with E-state index in [-0.39, 0.29) is 0 Å². The molecule has 1 saturated heterocycles. The third-order valence-electron chi connectivity index (χ3n) is 3.40. The van der Waals surface area contributed by atoms with E-state index in [1.54, 1.807) is 15.8 Å². The molecular weight excluding hydrogens is 304 g/mol. The summed E-state index contributed by atoms with van der Waals surface area (Å²) >= 11 is 7.12. The Kier molecular flexibility index (Phi) is 4.89. The fourth-order valence-corrected chi connectivity index (χ4v) is 4.97. The number of nitrogens with zero attached hydrogens (tertiary/aromatic N) is 2. The van der Waals surface area contributed by atoms with Crippen LogP contribution in [0.15, 0.2) is 16.3 Å². The number of sulfonamides is 1. The van der Waals surface area contributed by atoms with Crippen LogP contribution in [-0.4, -0.2) is 49.8 Å². The van der Waals surface area contributed by atoms with Crippen LogP contribution in [0, 0.1) is 0 Å². The molecule has 1 aliphatic rings. The quantitative estimate of drug-likeness (QED) is 0.798. The fourth-order valence-electron chi connectivity index (χ4n) is 2.18. The van der Waals surface area contributed by atoms with Gasteiger partial charge in [-0.05, 0) is 19.9 Å². The van der Waals surface area contributed by atoms with Crippen molar-refractivity contribution >= 4 is 33.0 Å². The Balaban J connectivity index is 2.09. The third kappa shape index (κ3) is 3.31. The van der Waals surface area contributed by atoms with Gasteiger partial charge in [0, 0.05) is 42.5 Å². The van der Waals surface area contributed by atoms with E-state index < -0.39 is 10.0 Å². The highest BCUT2D eigenvalue weighted by molar-refractivity contribution is 7.89. The van der Waals surface area contributed by atoms with Crippen molar-refractivity contribution in [2.24, 2.45) is 0 Å². The van der Waals surface area contributed by atoms with E-state index >= 15 is 0 Å². The zero-order valence-corrected chi connectivity index (χ0v) is 13.6. The van der Waals surface area contributed by atoms with E-state index in [9.17, 15) is 8.42 Å². The molecule has 0 aromatic carbocycles. The van der Waals surface area contributed by atoms with Crippen molar-refractivity contribution in [3.05, 3.63) is 16.3 Å². The maximum absolute atomic E-state index is 12.5. The lowest BCUT2D eigenvalue weighted by Gasteiger charge is -2.36. The highest BCUT2D eigenvalue weighted by Crippen LogP contribution is 2.24. The van der Waals surface area contributed by atoms with Crippen LogP contribution in [0.1, 0.15) is 18.7 Å². The number of thiophene rings is 1. The van der Waals surface area contributed by atoms with Gasteiger partial charge in [-0.15, -0.1) is 22.9 Å². The first-order valence-electron chi connectivity index (χ1n) is 6.32. The molecule has 7 heteroatoms. The molecule has 108 valence electrons. The van der Waals surface area contributed by atoms with Crippen molar-refractivity contribution in [2.45, 2.75) is 30.7 Å². The summed E-state index contributed by atoms with van der Waals surface area (Å²) in [6.07, 6.45) is 0. The van der Waals surface area contributed by atoms with Crippen molar-refractivity contribution in [1.82, 2.24) is 9.21 Å². The van der Waals surface area contributed by atoms with Crippen LogP contribution in [0.2, 0.25) is 0 Å². The number of halogens is 1. The van der Waals surface area contributed by atoms with Crippen molar-refractivity contribution in [1.29, 1.82) is 0 Å².